The zero-order chi connectivity index (χ0) is 13.2. The molecule has 0 bridgehead atoms. The van der Waals surface area contributed by atoms with Gasteiger partial charge in [0.15, 0.2) is 0 Å². The largest absolute Gasteiger partial charge is 0.388 e. The first kappa shape index (κ1) is 12.8. The van der Waals surface area contributed by atoms with Crippen LogP contribution in [0.5, 0.6) is 0 Å². The topological polar surface area (TPSA) is 33.1 Å². The molecule has 0 aliphatic rings. The maximum atomic E-state index is 10.4. The van der Waals surface area contributed by atoms with E-state index in [1.54, 1.807) is 17.5 Å². The molecule has 0 radical (unpaired) electrons. The Morgan fingerprint density at radius 1 is 1.26 bits per heavy atom. The molecule has 1 atom stereocenters. The predicted octanol–water partition coefficient (Wildman–Crippen LogP) is 4.33. The maximum absolute atomic E-state index is 10.4. The molecular weight excluding hydrogens is 322 g/mol. The number of hydrogen-bond donors (Lipinski definition) is 1. The minimum absolute atomic E-state index is 0.524. The summed E-state index contributed by atoms with van der Waals surface area (Å²) in [4.78, 5) is 5.37. The molecule has 3 aromatic rings. The van der Waals surface area contributed by atoms with Gasteiger partial charge in [0.1, 0.15) is 0 Å². The lowest BCUT2D eigenvalue weighted by atomic mass is 10.0. The van der Waals surface area contributed by atoms with Crippen LogP contribution in [0.4, 0.5) is 0 Å². The second-order valence-electron chi connectivity index (χ2n) is 4.40. The van der Waals surface area contributed by atoms with Crippen LogP contribution in [0, 0.1) is 0 Å². The fourth-order valence-electron chi connectivity index (χ4n) is 2.17. The van der Waals surface area contributed by atoms with Gasteiger partial charge in [0.25, 0.3) is 0 Å². The van der Waals surface area contributed by atoms with Crippen molar-refractivity contribution in [2.75, 3.05) is 0 Å². The second-order valence-corrected chi connectivity index (χ2v) is 6.31. The molecule has 2 aromatic heterocycles. The third kappa shape index (κ3) is 2.71. The molecule has 2 heterocycles. The molecule has 4 heteroatoms. The van der Waals surface area contributed by atoms with E-state index in [9.17, 15) is 5.11 Å². The molecule has 0 fully saturated rings. The number of pyridine rings is 1. The molecule has 0 amide bonds. The summed E-state index contributed by atoms with van der Waals surface area (Å²) in [6, 6.07) is 10.1. The quantitative estimate of drug-likeness (QED) is 0.773. The average molecular weight is 334 g/mol. The molecule has 1 aromatic carbocycles. The van der Waals surface area contributed by atoms with Crippen molar-refractivity contribution in [3.63, 3.8) is 0 Å². The third-order valence-electron chi connectivity index (χ3n) is 3.07. The number of benzene rings is 1. The van der Waals surface area contributed by atoms with E-state index in [0.29, 0.717) is 6.42 Å². The van der Waals surface area contributed by atoms with Crippen molar-refractivity contribution in [1.82, 2.24) is 4.98 Å². The lowest BCUT2D eigenvalue weighted by Gasteiger charge is -2.12. The molecule has 0 aliphatic heterocycles. The number of aliphatic hydroxyl groups excluding tert-OH is 1. The second kappa shape index (κ2) is 5.41. The van der Waals surface area contributed by atoms with E-state index in [2.05, 4.69) is 20.9 Å². The van der Waals surface area contributed by atoms with Crippen LogP contribution in [0.25, 0.3) is 10.8 Å². The first-order chi connectivity index (χ1) is 9.24. The number of halogens is 1. The van der Waals surface area contributed by atoms with Gasteiger partial charge in [-0.15, -0.1) is 11.3 Å². The summed E-state index contributed by atoms with van der Waals surface area (Å²) in [6.07, 6.45) is 3.68. The fraction of sp³-hybridized carbons (Fsp3) is 0.133. The average Bonchev–Trinajstić information content (AvgIpc) is 2.83. The molecule has 96 valence electrons. The van der Waals surface area contributed by atoms with Crippen LogP contribution in [-0.2, 0) is 6.42 Å². The van der Waals surface area contributed by atoms with Crippen LogP contribution in [0.3, 0.4) is 0 Å². The number of hydrogen-bond acceptors (Lipinski definition) is 3. The summed E-state index contributed by atoms with van der Waals surface area (Å²) in [6.45, 7) is 0. The van der Waals surface area contributed by atoms with E-state index in [1.807, 2.05) is 41.9 Å². The first-order valence-corrected chi connectivity index (χ1v) is 7.65. The van der Waals surface area contributed by atoms with Gasteiger partial charge in [-0.2, -0.15) is 0 Å². The highest BCUT2D eigenvalue weighted by Crippen LogP contribution is 2.28. The molecular formula is C15H12BrNOS. The summed E-state index contributed by atoms with van der Waals surface area (Å²) < 4.78 is 1.07. The number of rotatable bonds is 3. The summed E-state index contributed by atoms with van der Waals surface area (Å²) in [7, 11) is 0. The zero-order valence-electron chi connectivity index (χ0n) is 10.1. The Morgan fingerprint density at radius 2 is 2.11 bits per heavy atom. The van der Waals surface area contributed by atoms with Gasteiger partial charge in [0.05, 0.1) is 6.10 Å². The van der Waals surface area contributed by atoms with Crippen molar-refractivity contribution in [2.45, 2.75) is 12.5 Å². The molecule has 1 N–H and O–H groups in total. The summed E-state index contributed by atoms with van der Waals surface area (Å²) in [5.41, 5.74) is 0.891. The summed E-state index contributed by atoms with van der Waals surface area (Å²) >= 11 is 5.09. The van der Waals surface area contributed by atoms with Crippen LogP contribution < -0.4 is 0 Å². The summed E-state index contributed by atoms with van der Waals surface area (Å²) in [5.74, 6) is 0. The van der Waals surface area contributed by atoms with E-state index in [4.69, 9.17) is 0 Å². The Labute approximate surface area is 123 Å². The van der Waals surface area contributed by atoms with Gasteiger partial charge in [0.2, 0.25) is 0 Å². The van der Waals surface area contributed by atoms with Crippen molar-refractivity contribution < 1.29 is 5.11 Å². The SMILES string of the molecule is OC(Cc1cc(Br)cs1)c1cncc2ccccc12. The Morgan fingerprint density at radius 3 is 2.89 bits per heavy atom. The van der Waals surface area contributed by atoms with Crippen LogP contribution in [-0.4, -0.2) is 10.1 Å². The van der Waals surface area contributed by atoms with Gasteiger partial charge >= 0.3 is 0 Å². The van der Waals surface area contributed by atoms with Crippen molar-refractivity contribution in [2.24, 2.45) is 0 Å². The van der Waals surface area contributed by atoms with Gasteiger partial charge in [-0.25, -0.2) is 0 Å². The lowest BCUT2D eigenvalue weighted by Crippen LogP contribution is -2.02. The van der Waals surface area contributed by atoms with Crippen molar-refractivity contribution in [3.8, 4) is 0 Å². The maximum Gasteiger partial charge on any atom is 0.0859 e. The molecule has 2 nitrogen and oxygen atoms in total. The van der Waals surface area contributed by atoms with E-state index in [-0.39, 0.29) is 0 Å². The smallest absolute Gasteiger partial charge is 0.0859 e. The van der Waals surface area contributed by atoms with Gasteiger partial charge in [-0.05, 0) is 27.4 Å². The highest BCUT2D eigenvalue weighted by Gasteiger charge is 2.13. The van der Waals surface area contributed by atoms with Crippen molar-refractivity contribution in [3.05, 3.63) is 63.0 Å². The molecule has 19 heavy (non-hydrogen) atoms. The minimum Gasteiger partial charge on any atom is -0.388 e. The monoisotopic (exact) mass is 333 g/mol. The number of fused-ring (bicyclic) bond motifs is 1. The highest BCUT2D eigenvalue weighted by molar-refractivity contribution is 9.10. The number of thiophene rings is 1. The van der Waals surface area contributed by atoms with E-state index >= 15 is 0 Å². The number of aliphatic hydroxyl groups is 1. The number of nitrogens with zero attached hydrogens (tertiary/aromatic N) is 1. The van der Waals surface area contributed by atoms with Crippen molar-refractivity contribution in [1.29, 1.82) is 0 Å². The highest BCUT2D eigenvalue weighted by atomic mass is 79.9. The molecule has 1 unspecified atom stereocenters. The Kier molecular flexibility index (Phi) is 3.64. The van der Waals surface area contributed by atoms with Gasteiger partial charge in [0, 0.05) is 44.5 Å². The standard InChI is InChI=1S/C15H12BrNOS/c16-11-5-12(19-9-11)6-15(18)14-8-17-7-10-3-1-2-4-13(10)14/h1-5,7-9,15,18H,6H2. The fourth-order valence-corrected chi connectivity index (χ4v) is 3.66. The lowest BCUT2D eigenvalue weighted by molar-refractivity contribution is 0.180. The molecule has 0 saturated carbocycles. The molecule has 3 rings (SSSR count). The van der Waals surface area contributed by atoms with E-state index < -0.39 is 6.10 Å². The predicted molar refractivity (Wildman–Crippen MR) is 82.4 cm³/mol. The minimum atomic E-state index is -0.524. The zero-order valence-corrected chi connectivity index (χ0v) is 12.5. The Balaban J connectivity index is 1.95. The Hall–Kier alpha value is -1.23. The summed E-state index contributed by atoms with van der Waals surface area (Å²) in [5, 5.41) is 14.6. The van der Waals surface area contributed by atoms with Crippen LogP contribution in [0.2, 0.25) is 0 Å². The molecule has 0 saturated heterocycles. The van der Waals surface area contributed by atoms with Crippen molar-refractivity contribution >= 4 is 38.0 Å². The van der Waals surface area contributed by atoms with Gasteiger partial charge in [-0.3, -0.25) is 4.98 Å². The number of aromatic nitrogens is 1. The van der Waals surface area contributed by atoms with Gasteiger partial charge < -0.3 is 5.11 Å². The van der Waals surface area contributed by atoms with E-state index in [1.165, 1.54) is 0 Å². The van der Waals surface area contributed by atoms with Crippen LogP contribution >= 0.6 is 27.3 Å². The first-order valence-electron chi connectivity index (χ1n) is 5.97. The molecule has 0 spiro atoms. The van der Waals surface area contributed by atoms with E-state index in [0.717, 1.165) is 25.7 Å². The normalized spacial score (nSPS) is 12.7. The Bertz CT molecular complexity index is 705. The van der Waals surface area contributed by atoms with Crippen LogP contribution in [0.15, 0.2) is 52.6 Å². The van der Waals surface area contributed by atoms with Crippen LogP contribution in [0.1, 0.15) is 16.5 Å². The van der Waals surface area contributed by atoms with Gasteiger partial charge in [-0.1, -0.05) is 24.3 Å². The third-order valence-corrected chi connectivity index (χ3v) is 4.79. The molecule has 0 aliphatic carbocycles.